The molecule has 1 saturated carbocycles. The van der Waals surface area contributed by atoms with Crippen LogP contribution in [-0.2, 0) is 4.74 Å². The van der Waals surface area contributed by atoms with Crippen molar-refractivity contribution in [3.63, 3.8) is 0 Å². The van der Waals surface area contributed by atoms with E-state index >= 15 is 0 Å². The van der Waals surface area contributed by atoms with Gasteiger partial charge >= 0.3 is 0 Å². The summed E-state index contributed by atoms with van der Waals surface area (Å²) in [6.07, 6.45) is 2.57. The molecule has 1 aliphatic carbocycles. The molecule has 0 spiro atoms. The van der Waals surface area contributed by atoms with E-state index in [1.165, 1.54) is 12.8 Å². The molecule has 2 aliphatic rings. The molecule has 19 heavy (non-hydrogen) atoms. The van der Waals surface area contributed by atoms with Gasteiger partial charge in [0.2, 0.25) is 0 Å². The molecule has 1 heterocycles. The number of hydrogen-bond acceptors (Lipinski definition) is 3. The first kappa shape index (κ1) is 17.0. The van der Waals surface area contributed by atoms with Crippen molar-refractivity contribution in [3.8, 4) is 0 Å². The van der Waals surface area contributed by atoms with Gasteiger partial charge in [0, 0.05) is 31.7 Å². The molecule has 1 atom stereocenters. The third-order valence-corrected chi connectivity index (χ3v) is 3.42. The largest absolute Gasteiger partial charge is 0.379 e. The van der Waals surface area contributed by atoms with E-state index in [1.807, 2.05) is 0 Å². The Hall–Kier alpha value is -0.0800. The topological polar surface area (TPSA) is 48.9 Å². The molecule has 5 nitrogen and oxygen atoms in total. The highest BCUT2D eigenvalue weighted by atomic mass is 127. The fourth-order valence-corrected chi connectivity index (χ4v) is 2.12. The Labute approximate surface area is 133 Å². The van der Waals surface area contributed by atoms with Gasteiger partial charge in [0.15, 0.2) is 5.96 Å². The summed E-state index contributed by atoms with van der Waals surface area (Å²) in [4.78, 5) is 7.09. The lowest BCUT2D eigenvalue weighted by atomic mass is 10.2. The fraction of sp³-hybridized carbons (Fsp3) is 0.923. The van der Waals surface area contributed by atoms with Crippen molar-refractivity contribution in [2.24, 2.45) is 4.99 Å². The molecule has 2 N–H and O–H groups in total. The van der Waals surface area contributed by atoms with Crippen molar-refractivity contribution in [1.82, 2.24) is 15.5 Å². The standard InChI is InChI=1S/C13H26N4O.HI/c1-3-14-13(16-12-4-5-12)15-6-7-17-8-9-18-10-11(17)2;/h11-12H,3-10H2,1-2H3,(H2,14,15,16);1H. The summed E-state index contributed by atoms with van der Waals surface area (Å²) < 4.78 is 5.44. The maximum Gasteiger partial charge on any atom is 0.191 e. The lowest BCUT2D eigenvalue weighted by Crippen LogP contribution is -2.45. The van der Waals surface area contributed by atoms with E-state index < -0.39 is 0 Å². The van der Waals surface area contributed by atoms with Gasteiger partial charge in [0.25, 0.3) is 0 Å². The third-order valence-electron chi connectivity index (χ3n) is 3.42. The van der Waals surface area contributed by atoms with Gasteiger partial charge in [-0.25, -0.2) is 0 Å². The zero-order chi connectivity index (χ0) is 12.8. The van der Waals surface area contributed by atoms with Crippen LogP contribution in [0.15, 0.2) is 4.99 Å². The number of rotatable bonds is 5. The lowest BCUT2D eigenvalue weighted by molar-refractivity contribution is 0.00141. The van der Waals surface area contributed by atoms with Crippen LogP contribution in [0.5, 0.6) is 0 Å². The molecule has 2 fully saturated rings. The van der Waals surface area contributed by atoms with Crippen molar-refractivity contribution in [1.29, 1.82) is 0 Å². The molecule has 112 valence electrons. The van der Waals surface area contributed by atoms with Crippen LogP contribution in [0.3, 0.4) is 0 Å². The normalized spacial score (nSPS) is 24.7. The average molecular weight is 382 g/mol. The summed E-state index contributed by atoms with van der Waals surface area (Å²) in [6, 6.07) is 1.18. The summed E-state index contributed by atoms with van der Waals surface area (Å²) >= 11 is 0. The summed E-state index contributed by atoms with van der Waals surface area (Å²) in [7, 11) is 0. The monoisotopic (exact) mass is 382 g/mol. The van der Waals surface area contributed by atoms with E-state index in [2.05, 4.69) is 34.4 Å². The molecular formula is C13H27IN4O. The highest BCUT2D eigenvalue weighted by molar-refractivity contribution is 14.0. The maximum absolute atomic E-state index is 5.44. The third kappa shape index (κ3) is 6.27. The molecule has 0 aromatic rings. The molecule has 0 radical (unpaired) electrons. The summed E-state index contributed by atoms with van der Waals surface area (Å²) in [6.45, 7) is 9.86. The molecule has 2 rings (SSSR count). The summed E-state index contributed by atoms with van der Waals surface area (Å²) in [5, 5.41) is 6.74. The predicted octanol–water partition coefficient (Wildman–Crippen LogP) is 1.04. The average Bonchev–Trinajstić information content (AvgIpc) is 3.16. The molecule has 6 heteroatoms. The molecule has 0 bridgehead atoms. The molecule has 0 amide bonds. The minimum Gasteiger partial charge on any atom is -0.379 e. The summed E-state index contributed by atoms with van der Waals surface area (Å²) in [5.74, 6) is 0.973. The zero-order valence-corrected chi connectivity index (χ0v) is 14.4. The molecule has 1 aliphatic heterocycles. The number of nitrogens with one attached hydrogen (secondary N) is 2. The van der Waals surface area contributed by atoms with Crippen molar-refractivity contribution in [2.45, 2.75) is 38.8 Å². The van der Waals surface area contributed by atoms with Gasteiger partial charge in [0.05, 0.1) is 19.8 Å². The first-order valence-electron chi connectivity index (χ1n) is 7.16. The number of morpholine rings is 1. The molecule has 1 unspecified atom stereocenters. The van der Waals surface area contributed by atoms with Crippen LogP contribution in [0, 0.1) is 0 Å². The lowest BCUT2D eigenvalue weighted by Gasteiger charge is -2.32. The van der Waals surface area contributed by atoms with Gasteiger partial charge in [-0.2, -0.15) is 0 Å². The molecule has 0 aromatic carbocycles. The minimum absolute atomic E-state index is 0. The van der Waals surface area contributed by atoms with Gasteiger partial charge < -0.3 is 15.4 Å². The molecule has 0 aromatic heterocycles. The van der Waals surface area contributed by atoms with Crippen molar-refractivity contribution < 1.29 is 4.74 Å². The number of ether oxygens (including phenoxy) is 1. The van der Waals surface area contributed by atoms with Crippen molar-refractivity contribution in [2.75, 3.05) is 39.4 Å². The number of nitrogens with zero attached hydrogens (tertiary/aromatic N) is 2. The van der Waals surface area contributed by atoms with E-state index in [0.717, 1.165) is 45.4 Å². The van der Waals surface area contributed by atoms with E-state index in [1.54, 1.807) is 0 Å². The SMILES string of the molecule is CCNC(=NCCN1CCOCC1C)NC1CC1.I. The van der Waals surface area contributed by atoms with Crippen LogP contribution in [-0.4, -0.2) is 62.3 Å². The maximum atomic E-state index is 5.44. The second-order valence-corrected chi connectivity index (χ2v) is 5.14. The summed E-state index contributed by atoms with van der Waals surface area (Å²) in [5.41, 5.74) is 0. The van der Waals surface area contributed by atoms with Crippen LogP contribution < -0.4 is 10.6 Å². The second-order valence-electron chi connectivity index (χ2n) is 5.14. The van der Waals surface area contributed by atoms with Crippen molar-refractivity contribution >= 4 is 29.9 Å². The second kappa shape index (κ2) is 8.97. The van der Waals surface area contributed by atoms with Gasteiger partial charge in [-0.05, 0) is 26.7 Å². The van der Waals surface area contributed by atoms with Crippen LogP contribution >= 0.6 is 24.0 Å². The number of hydrogen-bond donors (Lipinski definition) is 2. The van der Waals surface area contributed by atoms with E-state index in [-0.39, 0.29) is 24.0 Å². The van der Waals surface area contributed by atoms with Crippen LogP contribution in [0.1, 0.15) is 26.7 Å². The quantitative estimate of drug-likeness (QED) is 0.424. The Balaban J connectivity index is 0.00000180. The first-order chi connectivity index (χ1) is 8.79. The number of guanidine groups is 1. The number of halogens is 1. The first-order valence-corrected chi connectivity index (χ1v) is 7.16. The van der Waals surface area contributed by atoms with Gasteiger partial charge in [-0.3, -0.25) is 9.89 Å². The van der Waals surface area contributed by atoms with Crippen molar-refractivity contribution in [3.05, 3.63) is 0 Å². The molecular weight excluding hydrogens is 355 g/mol. The van der Waals surface area contributed by atoms with Crippen LogP contribution in [0.25, 0.3) is 0 Å². The van der Waals surface area contributed by atoms with E-state index in [0.29, 0.717) is 12.1 Å². The Bertz CT molecular complexity index is 284. The van der Waals surface area contributed by atoms with Gasteiger partial charge in [-0.15, -0.1) is 24.0 Å². The predicted molar refractivity (Wildman–Crippen MR) is 89.4 cm³/mol. The van der Waals surface area contributed by atoms with Gasteiger partial charge in [0.1, 0.15) is 0 Å². The Morgan fingerprint density at radius 1 is 1.42 bits per heavy atom. The fourth-order valence-electron chi connectivity index (χ4n) is 2.12. The van der Waals surface area contributed by atoms with E-state index in [4.69, 9.17) is 4.74 Å². The van der Waals surface area contributed by atoms with Crippen LogP contribution in [0.2, 0.25) is 0 Å². The van der Waals surface area contributed by atoms with E-state index in [9.17, 15) is 0 Å². The highest BCUT2D eigenvalue weighted by Crippen LogP contribution is 2.18. The smallest absolute Gasteiger partial charge is 0.191 e. The number of aliphatic imine (C=N–C) groups is 1. The molecule has 1 saturated heterocycles. The Morgan fingerprint density at radius 2 is 2.21 bits per heavy atom. The highest BCUT2D eigenvalue weighted by Gasteiger charge is 2.22. The Kier molecular flexibility index (Phi) is 8.01. The minimum atomic E-state index is 0. The van der Waals surface area contributed by atoms with Crippen LogP contribution in [0.4, 0.5) is 0 Å². The zero-order valence-electron chi connectivity index (χ0n) is 12.0. The Morgan fingerprint density at radius 3 is 2.84 bits per heavy atom. The van der Waals surface area contributed by atoms with Gasteiger partial charge in [-0.1, -0.05) is 0 Å².